The van der Waals surface area contributed by atoms with E-state index < -0.39 is 22.8 Å². The molecule has 4 amide bonds. The van der Waals surface area contributed by atoms with Crippen molar-refractivity contribution >= 4 is 51.2 Å². The minimum absolute atomic E-state index is 0.0388. The van der Waals surface area contributed by atoms with E-state index in [9.17, 15) is 24.5 Å². The standard InChI is InChI=1S/C31H22BrN3O7/c32-23-8-15-28(42-19-21-6-9-25(10-7-21)35(39)40)22(16-23)17-27-29(36)33-31(38)34(30(27)37)24-11-13-26(14-12-24)41-18-20-4-2-1-3-5-20/h1-17H,18-19H2,(H,33,36,38)/b27-17+. The van der Waals surface area contributed by atoms with Crippen molar-refractivity contribution < 1.29 is 28.8 Å². The van der Waals surface area contributed by atoms with Gasteiger partial charge in [0.05, 0.1) is 10.6 Å². The Hall–Kier alpha value is -5.29. The summed E-state index contributed by atoms with van der Waals surface area (Å²) in [5.41, 5.74) is 2.03. The summed E-state index contributed by atoms with van der Waals surface area (Å²) in [4.78, 5) is 50.2. The number of nitro groups is 1. The average Bonchev–Trinajstić information content (AvgIpc) is 2.99. The molecule has 0 atom stereocenters. The first-order valence-electron chi connectivity index (χ1n) is 12.6. The molecule has 210 valence electrons. The van der Waals surface area contributed by atoms with Crippen LogP contribution in [-0.2, 0) is 22.8 Å². The van der Waals surface area contributed by atoms with E-state index in [0.29, 0.717) is 33.7 Å². The van der Waals surface area contributed by atoms with Crippen molar-refractivity contribution in [2.75, 3.05) is 4.90 Å². The third kappa shape index (κ3) is 6.53. The highest BCUT2D eigenvalue weighted by molar-refractivity contribution is 9.10. The van der Waals surface area contributed by atoms with Crippen LogP contribution in [0.2, 0.25) is 0 Å². The molecule has 0 aromatic heterocycles. The third-order valence-electron chi connectivity index (χ3n) is 6.26. The van der Waals surface area contributed by atoms with Crippen LogP contribution in [0.15, 0.2) is 107 Å². The lowest BCUT2D eigenvalue weighted by molar-refractivity contribution is -0.384. The Bertz CT molecular complexity index is 1690. The Balaban J connectivity index is 1.35. The van der Waals surface area contributed by atoms with E-state index in [4.69, 9.17) is 9.47 Å². The van der Waals surface area contributed by atoms with Crippen molar-refractivity contribution in [3.63, 3.8) is 0 Å². The number of nitrogens with zero attached hydrogens (tertiary/aromatic N) is 2. The van der Waals surface area contributed by atoms with Crippen molar-refractivity contribution in [3.05, 3.63) is 134 Å². The summed E-state index contributed by atoms with van der Waals surface area (Å²) in [5, 5.41) is 13.1. The molecule has 4 aromatic rings. The van der Waals surface area contributed by atoms with Gasteiger partial charge < -0.3 is 9.47 Å². The molecular weight excluding hydrogens is 606 g/mol. The highest BCUT2D eigenvalue weighted by atomic mass is 79.9. The summed E-state index contributed by atoms with van der Waals surface area (Å²) in [5.74, 6) is -0.746. The smallest absolute Gasteiger partial charge is 0.335 e. The predicted molar refractivity (Wildman–Crippen MR) is 158 cm³/mol. The maximum Gasteiger partial charge on any atom is 0.335 e. The second-order valence-corrected chi connectivity index (χ2v) is 10.0. The van der Waals surface area contributed by atoms with Crippen LogP contribution in [0.1, 0.15) is 16.7 Å². The fourth-order valence-corrected chi connectivity index (χ4v) is 4.50. The van der Waals surface area contributed by atoms with Gasteiger partial charge in [-0.2, -0.15) is 0 Å². The topological polar surface area (TPSA) is 128 Å². The van der Waals surface area contributed by atoms with Gasteiger partial charge in [-0.15, -0.1) is 0 Å². The Morgan fingerprint density at radius 2 is 1.50 bits per heavy atom. The number of hydrogen-bond donors (Lipinski definition) is 1. The second kappa shape index (κ2) is 12.5. The van der Waals surface area contributed by atoms with Crippen LogP contribution in [-0.4, -0.2) is 22.8 Å². The van der Waals surface area contributed by atoms with Gasteiger partial charge >= 0.3 is 6.03 Å². The number of urea groups is 1. The third-order valence-corrected chi connectivity index (χ3v) is 6.75. The zero-order valence-corrected chi connectivity index (χ0v) is 23.4. The number of nitrogens with one attached hydrogen (secondary N) is 1. The Morgan fingerprint density at radius 1 is 0.833 bits per heavy atom. The molecule has 0 spiro atoms. The molecule has 1 aliphatic heterocycles. The molecule has 1 heterocycles. The zero-order valence-electron chi connectivity index (χ0n) is 21.9. The van der Waals surface area contributed by atoms with Gasteiger partial charge in [-0.1, -0.05) is 46.3 Å². The lowest BCUT2D eigenvalue weighted by atomic mass is 10.1. The summed E-state index contributed by atoms with van der Waals surface area (Å²) in [6.45, 7) is 0.436. The van der Waals surface area contributed by atoms with Crippen LogP contribution in [0.25, 0.3) is 6.08 Å². The number of carbonyl (C=O) groups excluding carboxylic acids is 3. The molecule has 1 aliphatic rings. The minimum atomic E-state index is -0.871. The summed E-state index contributed by atoms with van der Waals surface area (Å²) in [7, 11) is 0. The molecule has 0 radical (unpaired) electrons. The fraction of sp³-hybridized carbons (Fsp3) is 0.0645. The van der Waals surface area contributed by atoms with Gasteiger partial charge in [-0.05, 0) is 71.8 Å². The van der Waals surface area contributed by atoms with Gasteiger partial charge in [0.2, 0.25) is 0 Å². The molecule has 1 N–H and O–H groups in total. The first-order valence-corrected chi connectivity index (χ1v) is 13.4. The summed E-state index contributed by atoms with van der Waals surface area (Å²) in [6.07, 6.45) is 1.35. The molecule has 1 saturated heterocycles. The predicted octanol–water partition coefficient (Wildman–Crippen LogP) is 6.18. The van der Waals surface area contributed by atoms with Crippen molar-refractivity contribution in [1.29, 1.82) is 0 Å². The van der Waals surface area contributed by atoms with Gasteiger partial charge in [-0.25, -0.2) is 9.69 Å². The minimum Gasteiger partial charge on any atom is -0.489 e. The summed E-state index contributed by atoms with van der Waals surface area (Å²) in [6, 6.07) is 26.1. The van der Waals surface area contributed by atoms with Gasteiger partial charge in [0.15, 0.2) is 0 Å². The Labute approximate surface area is 248 Å². The average molecular weight is 628 g/mol. The first kappa shape index (κ1) is 28.2. The van der Waals surface area contributed by atoms with E-state index in [1.54, 1.807) is 54.6 Å². The van der Waals surface area contributed by atoms with Gasteiger partial charge in [0.1, 0.15) is 30.3 Å². The van der Waals surface area contributed by atoms with Crippen molar-refractivity contribution in [2.45, 2.75) is 13.2 Å². The number of non-ortho nitro benzene ring substituents is 1. The molecule has 0 saturated carbocycles. The maximum absolute atomic E-state index is 13.4. The largest absolute Gasteiger partial charge is 0.489 e. The highest BCUT2D eigenvalue weighted by Gasteiger charge is 2.37. The number of halogens is 1. The van der Waals surface area contributed by atoms with Gasteiger partial charge in [0.25, 0.3) is 17.5 Å². The summed E-state index contributed by atoms with van der Waals surface area (Å²) >= 11 is 3.39. The maximum atomic E-state index is 13.4. The number of benzene rings is 4. The zero-order chi connectivity index (χ0) is 29.6. The van der Waals surface area contributed by atoms with Crippen LogP contribution in [0.4, 0.5) is 16.2 Å². The molecule has 4 aromatic carbocycles. The van der Waals surface area contributed by atoms with E-state index in [2.05, 4.69) is 21.2 Å². The van der Waals surface area contributed by atoms with Crippen LogP contribution in [0.5, 0.6) is 11.5 Å². The SMILES string of the molecule is O=C1NC(=O)N(c2ccc(OCc3ccccc3)cc2)C(=O)/C1=C/c1cc(Br)ccc1OCc1ccc([N+](=O)[O-])cc1. The summed E-state index contributed by atoms with van der Waals surface area (Å²) < 4.78 is 12.4. The molecule has 11 heteroatoms. The Kier molecular flexibility index (Phi) is 8.39. The van der Waals surface area contributed by atoms with E-state index in [1.165, 1.54) is 18.2 Å². The van der Waals surface area contributed by atoms with Crippen LogP contribution < -0.4 is 19.7 Å². The number of nitro benzene ring substituents is 1. The number of barbiturate groups is 1. The van der Waals surface area contributed by atoms with Crippen LogP contribution in [0.3, 0.4) is 0 Å². The second-order valence-electron chi connectivity index (χ2n) is 9.12. The first-order chi connectivity index (χ1) is 20.3. The molecule has 0 unspecified atom stereocenters. The molecular formula is C31H22BrN3O7. The van der Waals surface area contributed by atoms with E-state index in [1.807, 2.05) is 30.3 Å². The number of rotatable bonds is 9. The highest BCUT2D eigenvalue weighted by Crippen LogP contribution is 2.29. The quantitative estimate of drug-likeness (QED) is 0.101. The molecule has 10 nitrogen and oxygen atoms in total. The number of ether oxygens (including phenoxy) is 2. The molecule has 1 fully saturated rings. The lowest BCUT2D eigenvalue weighted by Crippen LogP contribution is -2.54. The van der Waals surface area contributed by atoms with Gasteiger partial charge in [-0.3, -0.25) is 25.0 Å². The normalized spacial score (nSPS) is 14.1. The monoisotopic (exact) mass is 627 g/mol. The van der Waals surface area contributed by atoms with Crippen LogP contribution in [0, 0.1) is 10.1 Å². The number of amides is 4. The van der Waals surface area contributed by atoms with Crippen LogP contribution >= 0.6 is 15.9 Å². The molecule has 42 heavy (non-hydrogen) atoms. The number of carbonyl (C=O) groups is 3. The van der Waals surface area contributed by atoms with E-state index in [-0.39, 0.29) is 23.6 Å². The van der Waals surface area contributed by atoms with E-state index >= 15 is 0 Å². The van der Waals surface area contributed by atoms with Gasteiger partial charge in [0, 0.05) is 22.2 Å². The number of anilines is 1. The molecule has 5 rings (SSSR count). The lowest BCUT2D eigenvalue weighted by Gasteiger charge is -2.26. The fourth-order valence-electron chi connectivity index (χ4n) is 4.12. The Morgan fingerprint density at radius 3 is 2.19 bits per heavy atom. The number of hydrogen-bond acceptors (Lipinski definition) is 7. The van der Waals surface area contributed by atoms with Crippen molar-refractivity contribution in [1.82, 2.24) is 5.32 Å². The van der Waals surface area contributed by atoms with E-state index in [0.717, 1.165) is 10.5 Å². The molecule has 0 bridgehead atoms. The van der Waals surface area contributed by atoms with Crippen molar-refractivity contribution in [3.8, 4) is 11.5 Å². The number of imide groups is 2. The molecule has 0 aliphatic carbocycles. The van der Waals surface area contributed by atoms with Crippen molar-refractivity contribution in [2.24, 2.45) is 0 Å².